The maximum atomic E-state index is 14.1. The monoisotopic (exact) mass is 643 g/mol. The van der Waals surface area contributed by atoms with Crippen molar-refractivity contribution in [2.75, 3.05) is 44.3 Å². The molecule has 0 bridgehead atoms. The van der Waals surface area contributed by atoms with Crippen LogP contribution in [0.15, 0.2) is 47.4 Å². The van der Waals surface area contributed by atoms with Crippen molar-refractivity contribution in [2.45, 2.75) is 63.2 Å². The Morgan fingerprint density at radius 2 is 1.79 bits per heavy atom. The van der Waals surface area contributed by atoms with Crippen LogP contribution >= 0.6 is 0 Å². The highest BCUT2D eigenvalue weighted by Crippen LogP contribution is 2.29. The first-order chi connectivity index (χ1) is 20.1. The molecule has 4 atom stereocenters. The van der Waals surface area contributed by atoms with E-state index in [1.54, 1.807) is 13.0 Å². The van der Waals surface area contributed by atoms with Gasteiger partial charge in [0, 0.05) is 38.3 Å². The number of nitrogens with zero attached hydrogens (tertiary/aromatic N) is 2. The minimum atomic E-state index is -3.96. The molecule has 0 unspecified atom stereocenters. The molecule has 2 aromatic carbocycles. The van der Waals surface area contributed by atoms with Gasteiger partial charge in [-0.15, -0.1) is 0 Å². The summed E-state index contributed by atoms with van der Waals surface area (Å²) in [6.45, 7) is 5.45. The van der Waals surface area contributed by atoms with E-state index in [0.29, 0.717) is 19.4 Å². The van der Waals surface area contributed by atoms with Crippen molar-refractivity contribution in [3.05, 3.63) is 53.8 Å². The average molecular weight is 644 g/mol. The minimum Gasteiger partial charge on any atom is -0.490 e. The number of ether oxygens (including phenoxy) is 2. The normalized spacial score (nSPS) is 21.9. The molecule has 240 valence electrons. The number of likely N-dealkylation sites (N-methyl/N-ethyl adjacent to an activating group) is 1. The van der Waals surface area contributed by atoms with Crippen molar-refractivity contribution in [2.24, 2.45) is 5.92 Å². The molecule has 0 saturated carbocycles. The summed E-state index contributed by atoms with van der Waals surface area (Å²) in [6, 6.07) is 8.42. The van der Waals surface area contributed by atoms with Crippen LogP contribution in [-0.4, -0.2) is 94.9 Å². The van der Waals surface area contributed by atoms with Crippen LogP contribution in [0.1, 0.15) is 50.4 Å². The molecule has 0 saturated heterocycles. The number of amides is 1. The van der Waals surface area contributed by atoms with Crippen molar-refractivity contribution >= 4 is 31.6 Å². The third kappa shape index (κ3) is 9.60. The molecule has 1 aliphatic rings. The number of carbonyl (C=O) groups excluding carboxylic acids is 1. The van der Waals surface area contributed by atoms with Gasteiger partial charge in [-0.2, -0.15) is 4.31 Å². The number of hydrogen-bond acceptors (Lipinski definition) is 8. The Hall–Kier alpha value is -2.78. The molecule has 0 aromatic heterocycles. The third-order valence-electron chi connectivity index (χ3n) is 7.31. The van der Waals surface area contributed by atoms with Crippen LogP contribution < -0.4 is 9.46 Å². The molecular formula is C29H42FN3O8S2. The maximum absolute atomic E-state index is 14.1. The van der Waals surface area contributed by atoms with Crippen molar-refractivity contribution in [3.8, 4) is 5.75 Å². The maximum Gasteiger partial charge on any atom is 0.258 e. The number of benzene rings is 2. The fraction of sp³-hybridized carbons (Fsp3) is 0.552. The number of carbonyl (C=O) groups is 1. The number of aliphatic hydroxyl groups is 1. The van der Waals surface area contributed by atoms with Gasteiger partial charge in [-0.1, -0.05) is 6.92 Å². The number of anilines is 1. The predicted molar refractivity (Wildman–Crippen MR) is 162 cm³/mol. The van der Waals surface area contributed by atoms with Crippen molar-refractivity contribution in [3.63, 3.8) is 0 Å². The molecule has 1 aliphatic heterocycles. The van der Waals surface area contributed by atoms with Crippen LogP contribution in [0.5, 0.6) is 5.75 Å². The average Bonchev–Trinajstić information content (AvgIpc) is 2.93. The van der Waals surface area contributed by atoms with E-state index in [9.17, 15) is 31.1 Å². The number of aliphatic hydroxyl groups excluding tert-OH is 1. The lowest BCUT2D eigenvalue weighted by molar-refractivity contribution is -0.00833. The fourth-order valence-corrected chi connectivity index (χ4v) is 6.54. The number of fused-ring (bicyclic) bond motifs is 1. The first-order valence-corrected chi connectivity index (χ1v) is 17.5. The van der Waals surface area contributed by atoms with Gasteiger partial charge in [0.25, 0.3) is 5.91 Å². The van der Waals surface area contributed by atoms with Crippen LogP contribution in [0, 0.1) is 11.7 Å². The second kappa shape index (κ2) is 14.8. The van der Waals surface area contributed by atoms with E-state index < -0.39 is 49.8 Å². The van der Waals surface area contributed by atoms with Gasteiger partial charge in [0.15, 0.2) is 0 Å². The van der Waals surface area contributed by atoms with Crippen LogP contribution in [0.4, 0.5) is 10.1 Å². The molecular weight excluding hydrogens is 601 g/mol. The molecule has 0 spiro atoms. The largest absolute Gasteiger partial charge is 0.490 e. The van der Waals surface area contributed by atoms with E-state index in [1.165, 1.54) is 36.2 Å². The standard InChI is InChI=1S/C29H42FN3O8S2/c1-20-17-33(21(2)19-34)29(35)26-16-24(31-42(5,36)37)11-14-27(26)41-22(3)8-6-7-15-40-28(20)18-32(4)43(38,39)25-12-9-23(30)10-13-25/h9-14,16,20-22,28,31,34H,6-8,15,17-19H2,1-5H3/t20-,21+,22+,28+/m1/s1. The summed E-state index contributed by atoms with van der Waals surface area (Å²) in [7, 11) is -6.16. The lowest BCUT2D eigenvalue weighted by atomic mass is 10.0. The van der Waals surface area contributed by atoms with Crippen LogP contribution in [0.3, 0.4) is 0 Å². The van der Waals surface area contributed by atoms with Gasteiger partial charge in [-0.3, -0.25) is 9.52 Å². The van der Waals surface area contributed by atoms with E-state index in [1.807, 2.05) is 13.8 Å². The van der Waals surface area contributed by atoms with E-state index in [0.717, 1.165) is 29.1 Å². The van der Waals surface area contributed by atoms with Gasteiger partial charge in [0.05, 0.1) is 41.6 Å². The third-order valence-corrected chi connectivity index (χ3v) is 9.76. The Labute approximate surface area is 254 Å². The summed E-state index contributed by atoms with van der Waals surface area (Å²) in [4.78, 5) is 15.5. The van der Waals surface area contributed by atoms with Crippen molar-refractivity contribution < 1.29 is 40.6 Å². The molecule has 0 aliphatic carbocycles. The van der Waals surface area contributed by atoms with Crippen LogP contribution in [-0.2, 0) is 24.8 Å². The zero-order chi connectivity index (χ0) is 31.9. The molecule has 2 N–H and O–H groups in total. The second-order valence-electron chi connectivity index (χ2n) is 11.1. The molecule has 14 heteroatoms. The van der Waals surface area contributed by atoms with E-state index in [4.69, 9.17) is 9.47 Å². The Bertz CT molecular complexity index is 1450. The fourth-order valence-electron chi connectivity index (χ4n) is 4.80. The molecule has 3 rings (SSSR count). The van der Waals surface area contributed by atoms with E-state index in [2.05, 4.69) is 4.72 Å². The summed E-state index contributed by atoms with van der Waals surface area (Å²) >= 11 is 0. The Morgan fingerprint density at radius 3 is 2.42 bits per heavy atom. The highest BCUT2D eigenvalue weighted by atomic mass is 32.2. The van der Waals surface area contributed by atoms with Crippen LogP contribution in [0.2, 0.25) is 0 Å². The smallest absolute Gasteiger partial charge is 0.258 e. The molecule has 0 fully saturated rings. The molecule has 0 radical (unpaired) electrons. The first-order valence-electron chi connectivity index (χ1n) is 14.2. The quantitative estimate of drug-likeness (QED) is 0.446. The summed E-state index contributed by atoms with van der Waals surface area (Å²) in [5, 5.41) is 10.1. The molecule has 1 amide bonds. The topological polar surface area (TPSA) is 143 Å². The number of rotatable bonds is 8. The summed E-state index contributed by atoms with van der Waals surface area (Å²) in [5.74, 6) is -1.15. The van der Waals surface area contributed by atoms with Gasteiger partial charge in [0.2, 0.25) is 20.0 Å². The van der Waals surface area contributed by atoms with Gasteiger partial charge in [0.1, 0.15) is 11.6 Å². The summed E-state index contributed by atoms with van der Waals surface area (Å²) in [6.07, 6.45) is 2.19. The SMILES string of the molecule is C[C@@H]1CN([C@@H](C)CO)C(=O)c2cc(NS(C)(=O)=O)ccc2O[C@@H](C)CCCCO[C@H]1CN(C)S(=O)(=O)c1ccc(F)cc1. The van der Waals surface area contributed by atoms with Gasteiger partial charge < -0.3 is 19.5 Å². The van der Waals surface area contributed by atoms with Crippen molar-refractivity contribution in [1.29, 1.82) is 0 Å². The van der Waals surface area contributed by atoms with Gasteiger partial charge >= 0.3 is 0 Å². The minimum absolute atomic E-state index is 0.0328. The highest BCUT2D eigenvalue weighted by Gasteiger charge is 2.32. The zero-order valence-electron chi connectivity index (χ0n) is 25.2. The highest BCUT2D eigenvalue weighted by molar-refractivity contribution is 7.92. The molecule has 2 aromatic rings. The number of sulfonamides is 2. The zero-order valence-corrected chi connectivity index (χ0v) is 26.8. The number of nitrogens with one attached hydrogen (secondary N) is 1. The lowest BCUT2D eigenvalue weighted by Crippen LogP contribution is -2.48. The first kappa shape index (κ1) is 34.7. The van der Waals surface area contributed by atoms with E-state index >= 15 is 0 Å². The number of halogens is 1. The lowest BCUT2D eigenvalue weighted by Gasteiger charge is -2.35. The van der Waals surface area contributed by atoms with E-state index in [-0.39, 0.29) is 47.7 Å². The van der Waals surface area contributed by atoms with Gasteiger partial charge in [-0.25, -0.2) is 21.2 Å². The Morgan fingerprint density at radius 1 is 1.12 bits per heavy atom. The van der Waals surface area contributed by atoms with Crippen molar-refractivity contribution in [1.82, 2.24) is 9.21 Å². The summed E-state index contributed by atoms with van der Waals surface area (Å²) in [5.41, 5.74) is 0.309. The van der Waals surface area contributed by atoms with Gasteiger partial charge in [-0.05, 0) is 75.6 Å². The van der Waals surface area contributed by atoms with Crippen LogP contribution in [0.25, 0.3) is 0 Å². The number of hydrogen-bond donors (Lipinski definition) is 2. The Balaban J connectivity index is 1.98. The molecule has 1 heterocycles. The molecule has 11 nitrogen and oxygen atoms in total. The molecule has 43 heavy (non-hydrogen) atoms. The second-order valence-corrected chi connectivity index (χ2v) is 14.9. The summed E-state index contributed by atoms with van der Waals surface area (Å²) < 4.78 is 79.6. The predicted octanol–water partition coefficient (Wildman–Crippen LogP) is 3.31. The Kier molecular flexibility index (Phi) is 11.9.